The maximum atomic E-state index is 9.61. The maximum absolute atomic E-state index is 9.61. The molecule has 0 radical (unpaired) electrons. The molecule has 1 aromatic heterocycles. The third kappa shape index (κ3) is 2.45. The first kappa shape index (κ1) is 14.2. The second-order valence-electron chi connectivity index (χ2n) is 5.84. The van der Waals surface area contributed by atoms with Gasteiger partial charge in [-0.2, -0.15) is 5.26 Å². The Balaban J connectivity index is 1.87. The standard InChI is InChI=1S/C21H15N3/c1-14-9-10-19-20(11-14)24-21(23-19)17(13-22)12-16-7-4-6-15-5-2-3-8-18(15)16/h2-12H,1H3,(H,23,24). The number of hydrogen-bond donors (Lipinski definition) is 1. The Hall–Kier alpha value is -3.38. The smallest absolute Gasteiger partial charge is 0.149 e. The molecule has 0 amide bonds. The molecule has 0 unspecified atom stereocenters. The molecule has 0 aliphatic carbocycles. The van der Waals surface area contributed by atoms with E-state index in [0.717, 1.165) is 32.9 Å². The molecule has 0 fully saturated rings. The number of rotatable bonds is 2. The number of allylic oxidation sites excluding steroid dienone is 1. The molecule has 0 aliphatic heterocycles. The third-order valence-corrected chi connectivity index (χ3v) is 4.14. The molecule has 114 valence electrons. The molecule has 0 saturated carbocycles. The molecular formula is C21H15N3. The van der Waals surface area contributed by atoms with Crippen molar-refractivity contribution in [3.8, 4) is 6.07 Å². The van der Waals surface area contributed by atoms with Crippen LogP contribution in [0, 0.1) is 18.3 Å². The van der Waals surface area contributed by atoms with Gasteiger partial charge in [-0.1, -0.05) is 48.5 Å². The number of nitrogens with one attached hydrogen (secondary N) is 1. The average molecular weight is 309 g/mol. The van der Waals surface area contributed by atoms with Gasteiger partial charge in [0.15, 0.2) is 0 Å². The van der Waals surface area contributed by atoms with E-state index in [1.54, 1.807) is 0 Å². The number of benzene rings is 3. The van der Waals surface area contributed by atoms with Crippen LogP contribution in [-0.2, 0) is 0 Å². The van der Waals surface area contributed by atoms with Crippen molar-refractivity contribution in [3.05, 3.63) is 77.6 Å². The average Bonchev–Trinajstić information content (AvgIpc) is 3.02. The number of hydrogen-bond acceptors (Lipinski definition) is 2. The van der Waals surface area contributed by atoms with Gasteiger partial charge in [0.05, 0.1) is 16.6 Å². The quantitative estimate of drug-likeness (QED) is 0.524. The maximum Gasteiger partial charge on any atom is 0.149 e. The number of fused-ring (bicyclic) bond motifs is 2. The minimum absolute atomic E-state index is 0.528. The SMILES string of the molecule is Cc1ccc2nc(C(C#N)=Cc3cccc4ccccc34)[nH]c2c1. The van der Waals surface area contributed by atoms with Crippen molar-refractivity contribution in [1.29, 1.82) is 5.26 Å². The highest BCUT2D eigenvalue weighted by Gasteiger charge is 2.09. The van der Waals surface area contributed by atoms with Gasteiger partial charge in [0, 0.05) is 0 Å². The summed E-state index contributed by atoms with van der Waals surface area (Å²) >= 11 is 0. The lowest BCUT2D eigenvalue weighted by Crippen LogP contribution is -1.86. The summed E-state index contributed by atoms with van der Waals surface area (Å²) in [6.07, 6.45) is 1.90. The molecule has 0 aliphatic rings. The molecule has 0 atom stereocenters. The fraction of sp³-hybridized carbons (Fsp3) is 0.0476. The highest BCUT2D eigenvalue weighted by atomic mass is 14.9. The van der Waals surface area contributed by atoms with Gasteiger partial charge in [-0.25, -0.2) is 4.98 Å². The molecule has 0 saturated heterocycles. The van der Waals surface area contributed by atoms with Crippen molar-refractivity contribution in [2.24, 2.45) is 0 Å². The van der Waals surface area contributed by atoms with Crippen LogP contribution in [0.1, 0.15) is 17.0 Å². The van der Waals surface area contributed by atoms with E-state index in [1.807, 2.05) is 55.5 Å². The zero-order valence-electron chi connectivity index (χ0n) is 13.2. The van der Waals surface area contributed by atoms with E-state index in [1.165, 1.54) is 0 Å². The van der Waals surface area contributed by atoms with Gasteiger partial charge in [0.2, 0.25) is 0 Å². The highest BCUT2D eigenvalue weighted by Crippen LogP contribution is 2.24. The van der Waals surface area contributed by atoms with Crippen LogP contribution in [0.15, 0.2) is 60.7 Å². The summed E-state index contributed by atoms with van der Waals surface area (Å²) < 4.78 is 0. The largest absolute Gasteiger partial charge is 0.337 e. The van der Waals surface area contributed by atoms with Crippen LogP contribution in [-0.4, -0.2) is 9.97 Å². The predicted molar refractivity (Wildman–Crippen MR) is 98.3 cm³/mol. The number of aromatic nitrogens is 2. The monoisotopic (exact) mass is 309 g/mol. The fourth-order valence-electron chi connectivity index (χ4n) is 2.94. The van der Waals surface area contributed by atoms with Crippen LogP contribution in [0.4, 0.5) is 0 Å². The van der Waals surface area contributed by atoms with E-state index in [2.05, 4.69) is 34.2 Å². The van der Waals surface area contributed by atoms with Crippen LogP contribution >= 0.6 is 0 Å². The number of aryl methyl sites for hydroxylation is 1. The fourth-order valence-corrected chi connectivity index (χ4v) is 2.94. The topological polar surface area (TPSA) is 52.5 Å². The van der Waals surface area contributed by atoms with Crippen LogP contribution < -0.4 is 0 Å². The Morgan fingerprint density at radius 2 is 1.92 bits per heavy atom. The molecule has 0 spiro atoms. The molecule has 3 heteroatoms. The minimum atomic E-state index is 0.528. The molecule has 4 rings (SSSR count). The molecular weight excluding hydrogens is 294 g/mol. The van der Waals surface area contributed by atoms with E-state index >= 15 is 0 Å². The van der Waals surface area contributed by atoms with E-state index in [0.29, 0.717) is 11.4 Å². The van der Waals surface area contributed by atoms with E-state index in [-0.39, 0.29) is 0 Å². The first-order valence-electron chi connectivity index (χ1n) is 7.81. The molecule has 24 heavy (non-hydrogen) atoms. The lowest BCUT2D eigenvalue weighted by Gasteiger charge is -2.02. The minimum Gasteiger partial charge on any atom is -0.337 e. The molecule has 3 aromatic carbocycles. The third-order valence-electron chi connectivity index (χ3n) is 4.14. The molecule has 1 N–H and O–H groups in total. The summed E-state index contributed by atoms with van der Waals surface area (Å²) in [4.78, 5) is 7.81. The number of nitriles is 1. The lowest BCUT2D eigenvalue weighted by atomic mass is 10.0. The van der Waals surface area contributed by atoms with Crippen molar-refractivity contribution in [2.75, 3.05) is 0 Å². The summed E-state index contributed by atoms with van der Waals surface area (Å²) in [5, 5.41) is 11.9. The molecule has 3 nitrogen and oxygen atoms in total. The van der Waals surface area contributed by atoms with E-state index < -0.39 is 0 Å². The van der Waals surface area contributed by atoms with Crippen LogP contribution in [0.25, 0.3) is 33.5 Å². The van der Waals surface area contributed by atoms with Gasteiger partial charge in [-0.15, -0.1) is 0 Å². The van der Waals surface area contributed by atoms with E-state index in [9.17, 15) is 5.26 Å². The first-order valence-corrected chi connectivity index (χ1v) is 7.81. The highest BCUT2D eigenvalue weighted by molar-refractivity contribution is 5.98. The Morgan fingerprint density at radius 3 is 2.79 bits per heavy atom. The van der Waals surface area contributed by atoms with E-state index in [4.69, 9.17) is 0 Å². The molecule has 4 aromatic rings. The number of imidazole rings is 1. The molecule has 0 bridgehead atoms. The van der Waals surface area contributed by atoms with Crippen LogP contribution in [0.2, 0.25) is 0 Å². The summed E-state index contributed by atoms with van der Waals surface area (Å²) in [6.45, 7) is 2.04. The number of H-pyrrole nitrogens is 1. The summed E-state index contributed by atoms with van der Waals surface area (Å²) in [7, 11) is 0. The number of nitrogens with zero attached hydrogens (tertiary/aromatic N) is 2. The Bertz CT molecular complexity index is 1120. The van der Waals surface area contributed by atoms with Gasteiger partial charge in [-0.3, -0.25) is 0 Å². The zero-order chi connectivity index (χ0) is 16.5. The molecule has 1 heterocycles. The van der Waals surface area contributed by atoms with Crippen molar-refractivity contribution in [3.63, 3.8) is 0 Å². The normalized spacial score (nSPS) is 11.8. The van der Waals surface area contributed by atoms with Gasteiger partial charge in [0.25, 0.3) is 0 Å². The van der Waals surface area contributed by atoms with Crippen molar-refractivity contribution in [1.82, 2.24) is 9.97 Å². The second-order valence-corrected chi connectivity index (χ2v) is 5.84. The van der Waals surface area contributed by atoms with Crippen molar-refractivity contribution >= 4 is 33.5 Å². The lowest BCUT2D eigenvalue weighted by molar-refractivity contribution is 1.27. The van der Waals surface area contributed by atoms with Gasteiger partial charge in [0.1, 0.15) is 11.9 Å². The van der Waals surface area contributed by atoms with Gasteiger partial charge in [-0.05, 0) is 47.0 Å². The Morgan fingerprint density at radius 1 is 1.08 bits per heavy atom. The van der Waals surface area contributed by atoms with Crippen molar-refractivity contribution in [2.45, 2.75) is 6.92 Å². The van der Waals surface area contributed by atoms with Gasteiger partial charge >= 0.3 is 0 Å². The van der Waals surface area contributed by atoms with Gasteiger partial charge < -0.3 is 4.98 Å². The summed E-state index contributed by atoms with van der Waals surface area (Å²) in [5.74, 6) is 0.603. The zero-order valence-corrected chi connectivity index (χ0v) is 13.2. The van der Waals surface area contributed by atoms with Crippen LogP contribution in [0.5, 0.6) is 0 Å². The van der Waals surface area contributed by atoms with Crippen LogP contribution in [0.3, 0.4) is 0 Å². The Labute approximate surface area is 139 Å². The van der Waals surface area contributed by atoms with Crippen molar-refractivity contribution < 1.29 is 0 Å². The first-order chi connectivity index (χ1) is 11.7. The summed E-state index contributed by atoms with van der Waals surface area (Å²) in [5.41, 5.74) is 4.52. The predicted octanol–water partition coefficient (Wildman–Crippen LogP) is 5.09. The Kier molecular flexibility index (Phi) is 3.36. The summed E-state index contributed by atoms with van der Waals surface area (Å²) in [6, 6.07) is 22.6. The number of aromatic amines is 1. The second kappa shape index (κ2) is 5.68.